The lowest BCUT2D eigenvalue weighted by molar-refractivity contribution is 0.0944. The number of Topliss-reactive ketones (excluding diaryl/α,β-unsaturated/α-hetero) is 1. The molecule has 0 saturated carbocycles. The van der Waals surface area contributed by atoms with Crippen LogP contribution in [-0.4, -0.2) is 10.4 Å². The number of aromatic nitrogens is 1. The second-order valence-electron chi connectivity index (χ2n) is 8.56. The Morgan fingerprint density at radius 3 is 1.80 bits per heavy atom. The quantitative estimate of drug-likeness (QED) is 0.260. The lowest BCUT2D eigenvalue weighted by Crippen LogP contribution is -2.32. The van der Waals surface area contributed by atoms with Gasteiger partial charge in [0.1, 0.15) is 6.04 Å². The summed E-state index contributed by atoms with van der Waals surface area (Å²) in [5.74, 6) is -0.110. The highest BCUT2D eigenvalue weighted by molar-refractivity contribution is 6.02. The highest BCUT2D eigenvalue weighted by atomic mass is 16.1. The molecule has 0 aliphatic rings. The predicted octanol–water partition coefficient (Wildman–Crippen LogP) is 6.96. The largest absolute Gasteiger partial charge is 0.293 e. The maximum Gasteiger partial charge on any atom is 0.252 e. The van der Waals surface area contributed by atoms with Gasteiger partial charge in [-0.25, -0.2) is 0 Å². The summed E-state index contributed by atoms with van der Waals surface area (Å²) in [6, 6.07) is 39.5. The molecule has 4 aromatic carbocycles. The van der Waals surface area contributed by atoms with Crippen LogP contribution in [0.1, 0.15) is 27.5 Å². The van der Waals surface area contributed by atoms with Crippen LogP contribution < -0.4 is 5.56 Å². The van der Waals surface area contributed by atoms with Crippen LogP contribution in [0.2, 0.25) is 0 Å². The SMILES string of the molecule is Cc1ccccc1C(=O)C(c1ccccc1)n1c(-c2ccccc2)cc(-c2ccccc2)cc1=O. The Labute approximate surface area is 205 Å². The average molecular weight is 456 g/mol. The fourth-order valence-electron chi connectivity index (χ4n) is 4.52. The number of nitrogens with zero attached hydrogens (tertiary/aromatic N) is 1. The van der Waals surface area contributed by atoms with Gasteiger partial charge < -0.3 is 0 Å². The number of carbonyl (C=O) groups excluding carboxylic acids is 1. The normalized spacial score (nSPS) is 11.7. The van der Waals surface area contributed by atoms with E-state index in [1.54, 1.807) is 10.6 Å². The highest BCUT2D eigenvalue weighted by Crippen LogP contribution is 2.31. The highest BCUT2D eigenvalue weighted by Gasteiger charge is 2.28. The van der Waals surface area contributed by atoms with Gasteiger partial charge in [0, 0.05) is 11.6 Å². The van der Waals surface area contributed by atoms with Gasteiger partial charge in [0.15, 0.2) is 5.78 Å². The van der Waals surface area contributed by atoms with Crippen molar-refractivity contribution in [1.29, 1.82) is 0 Å². The lowest BCUT2D eigenvalue weighted by atomic mass is 9.93. The molecule has 0 aliphatic heterocycles. The van der Waals surface area contributed by atoms with Crippen LogP contribution in [0, 0.1) is 6.92 Å². The van der Waals surface area contributed by atoms with Crippen LogP contribution in [0.25, 0.3) is 22.4 Å². The molecule has 5 rings (SSSR count). The Kier molecular flexibility index (Phi) is 6.23. The molecule has 0 aliphatic carbocycles. The number of ketones is 1. The summed E-state index contributed by atoms with van der Waals surface area (Å²) < 4.78 is 1.64. The molecule has 0 amide bonds. The third-order valence-corrected chi connectivity index (χ3v) is 6.28. The van der Waals surface area contributed by atoms with E-state index in [-0.39, 0.29) is 11.3 Å². The van der Waals surface area contributed by atoms with Crippen LogP contribution in [0.4, 0.5) is 0 Å². The summed E-state index contributed by atoms with van der Waals surface area (Å²) in [5.41, 5.74) is 5.39. The van der Waals surface area contributed by atoms with Gasteiger partial charge in [-0.3, -0.25) is 14.2 Å². The topological polar surface area (TPSA) is 39.1 Å². The summed E-state index contributed by atoms with van der Waals surface area (Å²) >= 11 is 0. The molecule has 0 bridgehead atoms. The zero-order chi connectivity index (χ0) is 24.2. The maximum atomic E-state index is 14.1. The molecule has 0 spiro atoms. The first-order chi connectivity index (χ1) is 17.1. The molecule has 1 aromatic heterocycles. The first-order valence-electron chi connectivity index (χ1n) is 11.7. The van der Waals surface area contributed by atoms with Crippen molar-refractivity contribution in [2.24, 2.45) is 0 Å². The molecular weight excluding hydrogens is 430 g/mol. The van der Waals surface area contributed by atoms with Gasteiger partial charge in [0.05, 0.1) is 5.69 Å². The second kappa shape index (κ2) is 9.78. The number of carbonyl (C=O) groups is 1. The van der Waals surface area contributed by atoms with Crippen molar-refractivity contribution in [1.82, 2.24) is 4.57 Å². The van der Waals surface area contributed by atoms with Crippen molar-refractivity contribution in [3.8, 4) is 22.4 Å². The lowest BCUT2D eigenvalue weighted by Gasteiger charge is -2.24. The number of aryl methyl sites for hydroxylation is 1. The number of hydrogen-bond acceptors (Lipinski definition) is 2. The summed E-state index contributed by atoms with van der Waals surface area (Å²) in [6.07, 6.45) is 0. The molecule has 1 heterocycles. The van der Waals surface area contributed by atoms with Crippen molar-refractivity contribution >= 4 is 5.78 Å². The fourth-order valence-corrected chi connectivity index (χ4v) is 4.52. The van der Waals surface area contributed by atoms with E-state index in [4.69, 9.17) is 0 Å². The van der Waals surface area contributed by atoms with Gasteiger partial charge in [0.25, 0.3) is 5.56 Å². The Balaban J connectivity index is 1.80. The zero-order valence-electron chi connectivity index (χ0n) is 19.5. The van der Waals surface area contributed by atoms with E-state index >= 15 is 0 Å². The molecule has 170 valence electrons. The van der Waals surface area contributed by atoms with Crippen LogP contribution in [0.3, 0.4) is 0 Å². The number of hydrogen-bond donors (Lipinski definition) is 0. The Bertz CT molecular complexity index is 1520. The number of benzene rings is 4. The van der Waals surface area contributed by atoms with Gasteiger partial charge in [-0.05, 0) is 40.8 Å². The summed E-state index contributed by atoms with van der Waals surface area (Å²) in [5, 5.41) is 0. The fraction of sp³-hybridized carbons (Fsp3) is 0.0625. The smallest absolute Gasteiger partial charge is 0.252 e. The first-order valence-corrected chi connectivity index (χ1v) is 11.7. The predicted molar refractivity (Wildman–Crippen MR) is 142 cm³/mol. The zero-order valence-corrected chi connectivity index (χ0v) is 19.5. The molecule has 3 nitrogen and oxygen atoms in total. The van der Waals surface area contributed by atoms with Crippen molar-refractivity contribution in [3.63, 3.8) is 0 Å². The van der Waals surface area contributed by atoms with E-state index in [0.29, 0.717) is 11.3 Å². The molecule has 0 fully saturated rings. The third kappa shape index (κ3) is 4.49. The Morgan fingerprint density at radius 1 is 0.629 bits per heavy atom. The maximum absolute atomic E-state index is 14.1. The third-order valence-electron chi connectivity index (χ3n) is 6.28. The minimum Gasteiger partial charge on any atom is -0.293 e. The molecule has 0 radical (unpaired) electrons. The van der Waals surface area contributed by atoms with E-state index in [0.717, 1.165) is 27.8 Å². The second-order valence-corrected chi connectivity index (χ2v) is 8.56. The van der Waals surface area contributed by atoms with E-state index in [1.807, 2.05) is 128 Å². The monoisotopic (exact) mass is 455 g/mol. The molecule has 35 heavy (non-hydrogen) atoms. The van der Waals surface area contributed by atoms with Gasteiger partial charge in [-0.1, -0.05) is 115 Å². The summed E-state index contributed by atoms with van der Waals surface area (Å²) in [7, 11) is 0. The molecule has 1 unspecified atom stereocenters. The van der Waals surface area contributed by atoms with Crippen molar-refractivity contribution in [2.75, 3.05) is 0 Å². The van der Waals surface area contributed by atoms with E-state index < -0.39 is 6.04 Å². The van der Waals surface area contributed by atoms with Gasteiger partial charge >= 0.3 is 0 Å². The van der Waals surface area contributed by atoms with Crippen molar-refractivity contribution in [3.05, 3.63) is 154 Å². The number of pyridine rings is 1. The van der Waals surface area contributed by atoms with E-state index in [9.17, 15) is 9.59 Å². The van der Waals surface area contributed by atoms with Gasteiger partial charge in [0.2, 0.25) is 0 Å². The van der Waals surface area contributed by atoms with E-state index in [1.165, 1.54) is 0 Å². The molecule has 0 saturated heterocycles. The first kappa shape index (κ1) is 22.3. The van der Waals surface area contributed by atoms with E-state index in [2.05, 4.69) is 0 Å². The standard InChI is InChI=1S/C32H25NO2/c1-23-13-11-12-20-28(23)32(35)31(26-18-9-4-10-19-26)33-29(25-16-7-3-8-17-25)21-27(22-30(33)34)24-14-5-2-6-15-24/h2-22,31H,1H3. The molecule has 0 N–H and O–H groups in total. The molecule has 3 heteroatoms. The minimum absolute atomic E-state index is 0.110. The Morgan fingerprint density at radius 2 is 1.17 bits per heavy atom. The van der Waals surface area contributed by atoms with Gasteiger partial charge in [-0.15, -0.1) is 0 Å². The molecule has 1 atom stereocenters. The minimum atomic E-state index is -0.801. The summed E-state index contributed by atoms with van der Waals surface area (Å²) in [4.78, 5) is 28.0. The van der Waals surface area contributed by atoms with Crippen LogP contribution in [-0.2, 0) is 0 Å². The van der Waals surface area contributed by atoms with Gasteiger partial charge in [-0.2, -0.15) is 0 Å². The van der Waals surface area contributed by atoms with Crippen LogP contribution >= 0.6 is 0 Å². The summed E-state index contributed by atoms with van der Waals surface area (Å²) in [6.45, 7) is 1.93. The van der Waals surface area contributed by atoms with Crippen LogP contribution in [0.15, 0.2) is 132 Å². The molecular formula is C32H25NO2. The van der Waals surface area contributed by atoms with Crippen molar-refractivity contribution < 1.29 is 4.79 Å². The molecule has 5 aromatic rings. The van der Waals surface area contributed by atoms with Crippen LogP contribution in [0.5, 0.6) is 0 Å². The Hall–Kier alpha value is -4.50. The van der Waals surface area contributed by atoms with Crippen molar-refractivity contribution in [2.45, 2.75) is 13.0 Å². The number of rotatable bonds is 6. The average Bonchev–Trinajstić information content (AvgIpc) is 2.91.